The highest BCUT2D eigenvalue weighted by Gasteiger charge is 2.14. The number of halogens is 2. The van der Waals surface area contributed by atoms with Gasteiger partial charge in [-0.2, -0.15) is 0 Å². The van der Waals surface area contributed by atoms with Crippen molar-refractivity contribution in [2.75, 3.05) is 0 Å². The summed E-state index contributed by atoms with van der Waals surface area (Å²) in [4.78, 5) is 19.9. The monoisotopic (exact) mass is 170 g/mol. The molecule has 0 saturated carbocycles. The summed E-state index contributed by atoms with van der Waals surface area (Å²) in [5.41, 5.74) is 0. The summed E-state index contributed by atoms with van der Waals surface area (Å²) in [6.45, 7) is 0. The third kappa shape index (κ3) is 4.39. The van der Waals surface area contributed by atoms with Crippen LogP contribution in [-0.4, -0.2) is 21.7 Å². The average molecular weight is 171 g/mol. The van der Waals surface area contributed by atoms with E-state index in [2.05, 4.69) is 0 Å². The molecular formula is C4H4Cl2O3. The van der Waals surface area contributed by atoms with Crippen LogP contribution in [-0.2, 0) is 9.59 Å². The Morgan fingerprint density at radius 3 is 2.00 bits per heavy atom. The van der Waals surface area contributed by atoms with Gasteiger partial charge in [-0.3, -0.25) is 9.59 Å². The van der Waals surface area contributed by atoms with Crippen LogP contribution in [0, 0.1) is 0 Å². The van der Waals surface area contributed by atoms with Gasteiger partial charge in [0.1, 0.15) is 6.10 Å². The molecule has 0 aliphatic rings. The molecule has 1 unspecified atom stereocenters. The molecule has 0 saturated heterocycles. The van der Waals surface area contributed by atoms with E-state index in [1.165, 1.54) is 0 Å². The molecule has 3 nitrogen and oxygen atoms in total. The van der Waals surface area contributed by atoms with Gasteiger partial charge in [0, 0.05) is 0 Å². The Labute approximate surface area is 61.6 Å². The van der Waals surface area contributed by atoms with E-state index >= 15 is 0 Å². The smallest absolute Gasteiger partial charge is 0.250 e. The van der Waals surface area contributed by atoms with Crippen molar-refractivity contribution in [3.05, 3.63) is 0 Å². The summed E-state index contributed by atoms with van der Waals surface area (Å²) in [5, 5.41) is 6.76. The molecule has 0 spiro atoms. The molecule has 0 aromatic rings. The van der Waals surface area contributed by atoms with Gasteiger partial charge in [0.2, 0.25) is 5.24 Å². The van der Waals surface area contributed by atoms with Gasteiger partial charge in [0.15, 0.2) is 0 Å². The van der Waals surface area contributed by atoms with Crippen LogP contribution in [0.5, 0.6) is 0 Å². The lowest BCUT2D eigenvalue weighted by Crippen LogP contribution is -2.16. The minimum absolute atomic E-state index is 0.427. The van der Waals surface area contributed by atoms with Gasteiger partial charge in [-0.25, -0.2) is 0 Å². The largest absolute Gasteiger partial charge is 0.383 e. The van der Waals surface area contributed by atoms with Crippen LogP contribution >= 0.6 is 23.2 Å². The number of carbonyl (C=O) groups is 2. The maximum absolute atomic E-state index is 9.98. The molecule has 5 heteroatoms. The first-order chi connectivity index (χ1) is 4.04. The highest BCUT2D eigenvalue weighted by Crippen LogP contribution is 1.99. The maximum Gasteiger partial charge on any atom is 0.250 e. The third-order valence-corrected chi connectivity index (χ3v) is 1.02. The molecule has 0 heterocycles. The normalized spacial score (nSPS) is 12.8. The van der Waals surface area contributed by atoms with Crippen molar-refractivity contribution in [2.45, 2.75) is 12.5 Å². The second-order valence-electron chi connectivity index (χ2n) is 1.38. The van der Waals surface area contributed by atoms with Gasteiger partial charge >= 0.3 is 0 Å². The van der Waals surface area contributed by atoms with Crippen LogP contribution in [0.15, 0.2) is 0 Å². The van der Waals surface area contributed by atoms with E-state index in [-0.39, 0.29) is 0 Å². The van der Waals surface area contributed by atoms with Gasteiger partial charge in [-0.15, -0.1) is 0 Å². The van der Waals surface area contributed by atoms with E-state index in [1.807, 2.05) is 0 Å². The minimum Gasteiger partial charge on any atom is -0.383 e. The number of rotatable bonds is 3. The fraction of sp³-hybridized carbons (Fsp3) is 0.500. The van der Waals surface area contributed by atoms with Crippen molar-refractivity contribution < 1.29 is 14.7 Å². The van der Waals surface area contributed by atoms with Gasteiger partial charge in [-0.1, -0.05) is 0 Å². The summed E-state index contributed by atoms with van der Waals surface area (Å²) in [6.07, 6.45) is -1.89. The van der Waals surface area contributed by atoms with Crippen LogP contribution in [0.2, 0.25) is 0 Å². The number of aliphatic hydroxyl groups excluding tert-OH is 1. The number of carbonyl (C=O) groups excluding carboxylic acids is 2. The van der Waals surface area contributed by atoms with Gasteiger partial charge < -0.3 is 5.11 Å². The van der Waals surface area contributed by atoms with Crippen LogP contribution < -0.4 is 0 Å². The topological polar surface area (TPSA) is 54.4 Å². The van der Waals surface area contributed by atoms with Crippen LogP contribution in [0.3, 0.4) is 0 Å². The fourth-order valence-electron chi connectivity index (χ4n) is 0.232. The van der Waals surface area contributed by atoms with E-state index < -0.39 is 23.0 Å². The Morgan fingerprint density at radius 2 is 1.89 bits per heavy atom. The molecular weight excluding hydrogens is 167 g/mol. The molecule has 0 aliphatic heterocycles. The van der Waals surface area contributed by atoms with E-state index in [4.69, 9.17) is 28.3 Å². The standard InChI is InChI=1S/C4H4Cl2O3/c5-3(8)1-2(7)4(6)9/h2,7H,1H2. The zero-order valence-corrected chi connectivity index (χ0v) is 5.82. The van der Waals surface area contributed by atoms with E-state index in [0.717, 1.165) is 0 Å². The predicted octanol–water partition coefficient (Wildman–Crippen LogP) is 0.268. The van der Waals surface area contributed by atoms with Crippen molar-refractivity contribution in [1.29, 1.82) is 0 Å². The van der Waals surface area contributed by atoms with Gasteiger partial charge in [0.25, 0.3) is 5.24 Å². The molecule has 0 fully saturated rings. The van der Waals surface area contributed by atoms with Crippen LogP contribution in [0.1, 0.15) is 6.42 Å². The van der Waals surface area contributed by atoms with E-state index in [1.54, 1.807) is 0 Å². The molecule has 52 valence electrons. The van der Waals surface area contributed by atoms with Crippen molar-refractivity contribution in [2.24, 2.45) is 0 Å². The quantitative estimate of drug-likeness (QED) is 0.620. The minimum atomic E-state index is -1.46. The van der Waals surface area contributed by atoms with Crippen molar-refractivity contribution >= 4 is 33.7 Å². The summed E-state index contributed by atoms with van der Waals surface area (Å²) in [6, 6.07) is 0. The molecule has 0 rings (SSSR count). The third-order valence-electron chi connectivity index (χ3n) is 0.616. The Kier molecular flexibility index (Phi) is 3.77. The lowest BCUT2D eigenvalue weighted by molar-refractivity contribution is -0.123. The maximum atomic E-state index is 9.98. The Bertz CT molecular complexity index is 134. The zero-order valence-electron chi connectivity index (χ0n) is 4.30. The number of hydrogen-bond acceptors (Lipinski definition) is 3. The second kappa shape index (κ2) is 3.82. The Morgan fingerprint density at radius 1 is 1.44 bits per heavy atom. The fourth-order valence-corrected chi connectivity index (χ4v) is 0.456. The molecule has 0 aromatic heterocycles. The molecule has 0 bridgehead atoms. The van der Waals surface area contributed by atoms with Crippen LogP contribution in [0.4, 0.5) is 0 Å². The first-order valence-corrected chi connectivity index (χ1v) is 2.85. The van der Waals surface area contributed by atoms with Crippen molar-refractivity contribution in [1.82, 2.24) is 0 Å². The average Bonchev–Trinajstić information content (AvgIpc) is 1.63. The highest BCUT2D eigenvalue weighted by molar-refractivity contribution is 6.66. The second-order valence-corrected chi connectivity index (χ2v) is 2.17. The number of hydrogen-bond donors (Lipinski definition) is 1. The first-order valence-electron chi connectivity index (χ1n) is 2.09. The van der Waals surface area contributed by atoms with Crippen molar-refractivity contribution in [3.8, 4) is 0 Å². The van der Waals surface area contributed by atoms with E-state index in [0.29, 0.717) is 0 Å². The SMILES string of the molecule is O=C(Cl)CC(O)C(=O)Cl. The molecule has 1 N–H and O–H groups in total. The molecule has 0 radical (unpaired) electrons. The van der Waals surface area contributed by atoms with Gasteiger partial charge in [-0.05, 0) is 23.2 Å². The summed E-state index contributed by atoms with van der Waals surface area (Å²) in [5.74, 6) is 0. The number of aliphatic hydroxyl groups is 1. The van der Waals surface area contributed by atoms with Crippen LogP contribution in [0.25, 0.3) is 0 Å². The lowest BCUT2D eigenvalue weighted by atomic mass is 10.3. The Balaban J connectivity index is 3.63. The molecule has 0 amide bonds. The lowest BCUT2D eigenvalue weighted by Gasteiger charge is -1.97. The summed E-state index contributed by atoms with van der Waals surface area (Å²) >= 11 is 9.58. The first kappa shape index (κ1) is 8.88. The predicted molar refractivity (Wildman–Crippen MR) is 32.3 cm³/mol. The Hall–Kier alpha value is -0.120. The van der Waals surface area contributed by atoms with E-state index in [9.17, 15) is 9.59 Å². The molecule has 0 aliphatic carbocycles. The molecule has 9 heavy (non-hydrogen) atoms. The molecule has 0 aromatic carbocycles. The summed E-state index contributed by atoms with van der Waals surface area (Å²) in [7, 11) is 0. The zero-order chi connectivity index (χ0) is 7.44. The molecule has 1 atom stereocenters. The highest BCUT2D eigenvalue weighted by atomic mass is 35.5. The summed E-state index contributed by atoms with van der Waals surface area (Å²) < 4.78 is 0. The van der Waals surface area contributed by atoms with Crippen molar-refractivity contribution in [3.63, 3.8) is 0 Å². The van der Waals surface area contributed by atoms with Gasteiger partial charge in [0.05, 0.1) is 6.42 Å².